The zero-order chi connectivity index (χ0) is 18.8. The second-order valence-electron chi connectivity index (χ2n) is 5.91. The van der Waals surface area contributed by atoms with Gasteiger partial charge in [0.05, 0.1) is 17.8 Å². The molecule has 0 atom stereocenters. The molecule has 138 valence electrons. The average Bonchev–Trinajstić information content (AvgIpc) is 2.68. The molecule has 0 saturated heterocycles. The molecule has 1 aliphatic rings. The number of anilines is 2. The van der Waals surface area contributed by atoms with E-state index in [0.29, 0.717) is 46.5 Å². The van der Waals surface area contributed by atoms with Gasteiger partial charge in [0.2, 0.25) is 0 Å². The van der Waals surface area contributed by atoms with Crippen LogP contribution in [0.1, 0.15) is 17.3 Å². The summed E-state index contributed by atoms with van der Waals surface area (Å²) < 4.78 is 16.4. The van der Waals surface area contributed by atoms with Crippen molar-refractivity contribution in [1.29, 1.82) is 0 Å². The topological polar surface area (TPSA) is 69.7 Å². The third-order valence-electron chi connectivity index (χ3n) is 4.14. The second-order valence-corrected chi connectivity index (χ2v) is 6.35. The van der Waals surface area contributed by atoms with Crippen molar-refractivity contribution in [2.45, 2.75) is 6.92 Å². The maximum Gasteiger partial charge on any atom is 0.341 e. The molecule has 2 heterocycles. The summed E-state index contributed by atoms with van der Waals surface area (Å²) in [6.45, 7) is 3.06. The fraction of sp³-hybridized carbons (Fsp3) is 0.200. The van der Waals surface area contributed by atoms with Crippen LogP contribution in [0.4, 0.5) is 11.4 Å². The van der Waals surface area contributed by atoms with Crippen LogP contribution in [0.15, 0.2) is 42.6 Å². The monoisotopic (exact) mass is 384 g/mol. The van der Waals surface area contributed by atoms with Crippen molar-refractivity contribution in [1.82, 2.24) is 4.98 Å². The number of ether oxygens (including phenoxy) is 3. The van der Waals surface area contributed by atoms with Crippen molar-refractivity contribution in [2.75, 3.05) is 25.1 Å². The summed E-state index contributed by atoms with van der Waals surface area (Å²) >= 11 is 6.17. The van der Waals surface area contributed by atoms with E-state index in [-0.39, 0.29) is 6.61 Å². The number of nitrogens with zero attached hydrogens (tertiary/aromatic N) is 1. The van der Waals surface area contributed by atoms with Crippen LogP contribution in [0, 0.1) is 0 Å². The third-order valence-corrected chi connectivity index (χ3v) is 4.37. The number of pyridine rings is 1. The van der Waals surface area contributed by atoms with E-state index in [2.05, 4.69) is 10.3 Å². The molecule has 7 heteroatoms. The quantitative estimate of drug-likeness (QED) is 0.664. The van der Waals surface area contributed by atoms with Gasteiger partial charge in [0.25, 0.3) is 0 Å². The van der Waals surface area contributed by atoms with E-state index in [4.69, 9.17) is 25.8 Å². The molecule has 0 amide bonds. The fourth-order valence-electron chi connectivity index (χ4n) is 2.93. The second kappa shape index (κ2) is 7.32. The molecular weight excluding hydrogens is 368 g/mol. The first-order valence-corrected chi connectivity index (χ1v) is 8.95. The van der Waals surface area contributed by atoms with Gasteiger partial charge in [-0.05, 0) is 37.3 Å². The van der Waals surface area contributed by atoms with Gasteiger partial charge in [-0.1, -0.05) is 11.6 Å². The Hall–Kier alpha value is -2.99. The first-order chi connectivity index (χ1) is 13.2. The Morgan fingerprint density at radius 3 is 2.81 bits per heavy atom. The Morgan fingerprint density at radius 2 is 2.00 bits per heavy atom. The third kappa shape index (κ3) is 3.48. The van der Waals surface area contributed by atoms with Crippen LogP contribution < -0.4 is 14.8 Å². The molecule has 2 aromatic carbocycles. The standard InChI is InChI=1S/C20H17ClN2O4/c1-2-25-20(24)15-11-22-16-5-3-12(21)9-14(16)19(15)23-13-4-6-17-18(10-13)27-8-7-26-17/h3-6,9-11H,2,7-8H2,1H3,(H,22,23). The molecule has 1 aliphatic heterocycles. The first kappa shape index (κ1) is 17.4. The molecular formula is C20H17ClN2O4. The molecule has 0 fully saturated rings. The van der Waals surface area contributed by atoms with Crippen LogP contribution >= 0.6 is 11.6 Å². The molecule has 0 bridgehead atoms. The highest BCUT2D eigenvalue weighted by Gasteiger charge is 2.18. The summed E-state index contributed by atoms with van der Waals surface area (Å²) in [5.41, 5.74) is 2.38. The summed E-state index contributed by atoms with van der Waals surface area (Å²) in [6, 6.07) is 10.9. The summed E-state index contributed by atoms with van der Waals surface area (Å²) in [6.07, 6.45) is 1.51. The van der Waals surface area contributed by atoms with Gasteiger partial charge >= 0.3 is 5.97 Å². The summed E-state index contributed by atoms with van der Waals surface area (Å²) in [4.78, 5) is 16.8. The Balaban J connectivity index is 1.81. The number of aromatic nitrogens is 1. The number of halogens is 1. The van der Waals surface area contributed by atoms with Crippen LogP contribution in [0.3, 0.4) is 0 Å². The number of nitrogens with one attached hydrogen (secondary N) is 1. The van der Waals surface area contributed by atoms with Gasteiger partial charge in [-0.3, -0.25) is 4.98 Å². The largest absolute Gasteiger partial charge is 0.486 e. The SMILES string of the molecule is CCOC(=O)c1cnc2ccc(Cl)cc2c1Nc1ccc2c(c1)OCCO2. The van der Waals surface area contributed by atoms with Crippen molar-refractivity contribution >= 4 is 39.8 Å². The van der Waals surface area contributed by atoms with Crippen LogP contribution in [-0.2, 0) is 4.74 Å². The van der Waals surface area contributed by atoms with Gasteiger partial charge in [0.15, 0.2) is 11.5 Å². The van der Waals surface area contributed by atoms with Gasteiger partial charge in [0, 0.05) is 28.4 Å². The van der Waals surface area contributed by atoms with Crippen LogP contribution in [-0.4, -0.2) is 30.8 Å². The molecule has 1 N–H and O–H groups in total. The Labute approximate surface area is 161 Å². The predicted molar refractivity (Wildman–Crippen MR) is 103 cm³/mol. The zero-order valence-electron chi connectivity index (χ0n) is 14.6. The Bertz CT molecular complexity index is 1020. The first-order valence-electron chi connectivity index (χ1n) is 8.58. The smallest absolute Gasteiger partial charge is 0.341 e. The van der Waals surface area contributed by atoms with Gasteiger partial charge in [-0.2, -0.15) is 0 Å². The van der Waals surface area contributed by atoms with E-state index in [0.717, 1.165) is 11.1 Å². The van der Waals surface area contributed by atoms with Gasteiger partial charge in [0.1, 0.15) is 18.8 Å². The zero-order valence-corrected chi connectivity index (χ0v) is 15.4. The maximum absolute atomic E-state index is 12.4. The Morgan fingerprint density at radius 1 is 1.19 bits per heavy atom. The Kier molecular flexibility index (Phi) is 4.73. The van der Waals surface area contributed by atoms with Gasteiger partial charge in [-0.25, -0.2) is 4.79 Å². The van der Waals surface area contributed by atoms with Gasteiger partial charge < -0.3 is 19.5 Å². The number of carbonyl (C=O) groups excluding carboxylic acids is 1. The number of hydrogen-bond acceptors (Lipinski definition) is 6. The minimum atomic E-state index is -0.452. The highest BCUT2D eigenvalue weighted by Crippen LogP contribution is 2.36. The summed E-state index contributed by atoms with van der Waals surface area (Å²) in [5, 5.41) is 4.57. The van der Waals surface area contributed by atoms with E-state index in [1.165, 1.54) is 6.20 Å². The highest BCUT2D eigenvalue weighted by atomic mass is 35.5. The molecule has 6 nitrogen and oxygen atoms in total. The number of fused-ring (bicyclic) bond motifs is 2. The van der Waals surface area contributed by atoms with E-state index >= 15 is 0 Å². The van der Waals surface area contributed by atoms with Crippen molar-refractivity contribution in [3.05, 3.63) is 53.2 Å². The lowest BCUT2D eigenvalue weighted by molar-refractivity contribution is 0.0527. The van der Waals surface area contributed by atoms with Crippen molar-refractivity contribution in [3.8, 4) is 11.5 Å². The summed E-state index contributed by atoms with van der Waals surface area (Å²) in [5.74, 6) is 0.896. The van der Waals surface area contributed by atoms with Crippen LogP contribution in [0.5, 0.6) is 11.5 Å². The lowest BCUT2D eigenvalue weighted by Crippen LogP contribution is -2.15. The van der Waals surface area contributed by atoms with Crippen molar-refractivity contribution < 1.29 is 19.0 Å². The number of rotatable bonds is 4. The maximum atomic E-state index is 12.4. The molecule has 0 radical (unpaired) electrons. The molecule has 27 heavy (non-hydrogen) atoms. The van der Waals surface area contributed by atoms with E-state index < -0.39 is 5.97 Å². The molecule has 4 rings (SSSR count). The molecule has 0 spiro atoms. The number of carbonyl (C=O) groups is 1. The minimum Gasteiger partial charge on any atom is -0.486 e. The lowest BCUT2D eigenvalue weighted by Gasteiger charge is -2.20. The van der Waals surface area contributed by atoms with E-state index in [9.17, 15) is 4.79 Å². The highest BCUT2D eigenvalue weighted by molar-refractivity contribution is 6.31. The number of benzene rings is 2. The van der Waals surface area contributed by atoms with Crippen molar-refractivity contribution in [2.24, 2.45) is 0 Å². The molecule has 1 aromatic heterocycles. The number of esters is 1. The fourth-order valence-corrected chi connectivity index (χ4v) is 3.10. The summed E-state index contributed by atoms with van der Waals surface area (Å²) in [7, 11) is 0. The number of hydrogen-bond donors (Lipinski definition) is 1. The predicted octanol–water partition coefficient (Wildman–Crippen LogP) is 4.58. The molecule has 3 aromatic rings. The van der Waals surface area contributed by atoms with Gasteiger partial charge in [-0.15, -0.1) is 0 Å². The van der Waals surface area contributed by atoms with E-state index in [1.54, 1.807) is 19.1 Å². The van der Waals surface area contributed by atoms with E-state index in [1.807, 2.05) is 24.3 Å². The molecule has 0 unspecified atom stereocenters. The van der Waals surface area contributed by atoms with Crippen LogP contribution in [0.2, 0.25) is 5.02 Å². The molecule has 0 saturated carbocycles. The lowest BCUT2D eigenvalue weighted by atomic mass is 10.1. The average molecular weight is 385 g/mol. The minimum absolute atomic E-state index is 0.274. The normalized spacial score (nSPS) is 12.7. The van der Waals surface area contributed by atoms with Crippen molar-refractivity contribution in [3.63, 3.8) is 0 Å². The van der Waals surface area contributed by atoms with Crippen LogP contribution in [0.25, 0.3) is 10.9 Å². The molecule has 0 aliphatic carbocycles.